The van der Waals surface area contributed by atoms with Crippen LogP contribution in [0.15, 0.2) is 23.1 Å². The highest BCUT2D eigenvalue weighted by Crippen LogP contribution is 2.27. The summed E-state index contributed by atoms with van der Waals surface area (Å²) in [6.45, 7) is 6.48. The number of amides is 1. The molecule has 1 aromatic carbocycles. The van der Waals surface area contributed by atoms with E-state index in [0.29, 0.717) is 17.1 Å². The maximum atomic E-state index is 13.0. The van der Waals surface area contributed by atoms with Gasteiger partial charge in [-0.3, -0.25) is 4.79 Å². The fourth-order valence-electron chi connectivity index (χ4n) is 3.30. The van der Waals surface area contributed by atoms with Crippen molar-refractivity contribution in [3.63, 3.8) is 0 Å². The average molecular weight is 451 g/mol. The van der Waals surface area contributed by atoms with Gasteiger partial charge < -0.3 is 19.5 Å². The number of anilines is 2. The second-order valence-electron chi connectivity index (χ2n) is 7.42. The normalized spacial score (nSPS) is 11.3. The number of esters is 1. The van der Waals surface area contributed by atoms with Gasteiger partial charge in [0.15, 0.2) is 0 Å². The smallest absolute Gasteiger partial charge is 0.341 e. The van der Waals surface area contributed by atoms with Crippen molar-refractivity contribution in [1.29, 1.82) is 0 Å². The summed E-state index contributed by atoms with van der Waals surface area (Å²) < 4.78 is 34.9. The summed E-state index contributed by atoms with van der Waals surface area (Å²) >= 11 is 0. The van der Waals surface area contributed by atoms with Crippen molar-refractivity contribution in [3.05, 3.63) is 40.7 Å². The number of sulfonamides is 1. The molecule has 0 aliphatic rings. The predicted octanol–water partition coefficient (Wildman–Crippen LogP) is 2.11. The van der Waals surface area contributed by atoms with Crippen LogP contribution < -0.4 is 14.9 Å². The molecular formula is C21H30N4O5S. The quantitative estimate of drug-likeness (QED) is 0.596. The van der Waals surface area contributed by atoms with Crippen LogP contribution in [0.25, 0.3) is 0 Å². The Bertz CT molecular complexity index is 1100. The number of carbonyl (C=O) groups excluding carboxylic acids is 2. The van der Waals surface area contributed by atoms with Gasteiger partial charge in [0.05, 0.1) is 13.2 Å². The van der Waals surface area contributed by atoms with Crippen molar-refractivity contribution in [2.24, 2.45) is 7.05 Å². The van der Waals surface area contributed by atoms with Crippen molar-refractivity contribution < 1.29 is 22.7 Å². The molecule has 0 spiro atoms. The first-order valence-electron chi connectivity index (χ1n) is 9.81. The standard InChI is InChI=1S/C21H30N4O5S/c1-8-30-21(27)19-14(3)25(7)15(4)20(19)31(28,29)22-12-18(26)23-16-10-9-13(2)17(11-16)24(5)6/h9-11,22H,8,12H2,1-7H3,(H,23,26). The first-order valence-corrected chi connectivity index (χ1v) is 11.3. The molecule has 9 nitrogen and oxygen atoms in total. The molecule has 10 heteroatoms. The van der Waals surface area contributed by atoms with E-state index in [0.717, 1.165) is 11.3 Å². The van der Waals surface area contributed by atoms with Gasteiger partial charge in [-0.2, -0.15) is 0 Å². The summed E-state index contributed by atoms with van der Waals surface area (Å²) in [5.74, 6) is -1.25. The lowest BCUT2D eigenvalue weighted by molar-refractivity contribution is -0.115. The molecule has 0 aliphatic heterocycles. The fraction of sp³-hybridized carbons (Fsp3) is 0.429. The van der Waals surface area contributed by atoms with E-state index in [2.05, 4.69) is 10.0 Å². The molecule has 2 aromatic rings. The molecular weight excluding hydrogens is 420 g/mol. The van der Waals surface area contributed by atoms with E-state index in [-0.39, 0.29) is 17.1 Å². The highest BCUT2D eigenvalue weighted by atomic mass is 32.2. The number of aromatic nitrogens is 1. The van der Waals surface area contributed by atoms with Crippen LogP contribution in [0.5, 0.6) is 0 Å². The summed E-state index contributed by atoms with van der Waals surface area (Å²) in [6, 6.07) is 5.43. The summed E-state index contributed by atoms with van der Waals surface area (Å²) in [7, 11) is 1.31. The minimum absolute atomic E-state index is 0.0242. The third kappa shape index (κ3) is 5.26. The number of hydrogen-bond donors (Lipinski definition) is 2. The predicted molar refractivity (Wildman–Crippen MR) is 120 cm³/mol. The van der Waals surface area contributed by atoms with Crippen molar-refractivity contribution in [3.8, 4) is 0 Å². The molecule has 1 aromatic heterocycles. The summed E-state index contributed by atoms with van der Waals surface area (Å²) in [6.07, 6.45) is 0. The third-order valence-corrected chi connectivity index (χ3v) is 6.63. The van der Waals surface area contributed by atoms with Crippen LogP contribution in [-0.2, 0) is 26.6 Å². The second-order valence-corrected chi connectivity index (χ2v) is 9.13. The summed E-state index contributed by atoms with van der Waals surface area (Å²) in [5, 5.41) is 2.69. The molecule has 0 aliphatic carbocycles. The van der Waals surface area contributed by atoms with Crippen LogP contribution in [0.4, 0.5) is 11.4 Å². The lowest BCUT2D eigenvalue weighted by atomic mass is 10.1. The highest BCUT2D eigenvalue weighted by molar-refractivity contribution is 7.89. The van der Waals surface area contributed by atoms with Crippen LogP contribution in [-0.4, -0.2) is 52.1 Å². The van der Waals surface area contributed by atoms with E-state index in [9.17, 15) is 18.0 Å². The fourth-order valence-corrected chi connectivity index (χ4v) is 4.79. The third-order valence-electron chi connectivity index (χ3n) is 5.07. The molecule has 0 radical (unpaired) electrons. The largest absolute Gasteiger partial charge is 0.462 e. The minimum atomic E-state index is -4.14. The van der Waals surface area contributed by atoms with Gasteiger partial charge in [0.2, 0.25) is 15.9 Å². The van der Waals surface area contributed by atoms with E-state index >= 15 is 0 Å². The molecule has 0 fully saturated rings. The average Bonchev–Trinajstić information content (AvgIpc) is 2.92. The first kappa shape index (κ1) is 24.4. The molecule has 0 bridgehead atoms. The Hall–Kier alpha value is -2.85. The number of nitrogens with one attached hydrogen (secondary N) is 2. The topological polar surface area (TPSA) is 110 Å². The Morgan fingerprint density at radius 3 is 2.35 bits per heavy atom. The zero-order valence-electron chi connectivity index (χ0n) is 19.0. The number of aryl methyl sites for hydroxylation is 1. The first-order chi connectivity index (χ1) is 14.4. The maximum Gasteiger partial charge on any atom is 0.341 e. The molecule has 1 heterocycles. The maximum absolute atomic E-state index is 13.0. The van der Waals surface area contributed by atoms with Gasteiger partial charge in [-0.05, 0) is 45.4 Å². The number of nitrogens with zero attached hydrogens (tertiary/aromatic N) is 2. The zero-order chi connectivity index (χ0) is 23.5. The van der Waals surface area contributed by atoms with E-state index in [4.69, 9.17) is 4.74 Å². The van der Waals surface area contributed by atoms with Crippen LogP contribution in [0.3, 0.4) is 0 Å². The SMILES string of the molecule is CCOC(=O)c1c(S(=O)(=O)NCC(=O)Nc2ccc(C)c(N(C)C)c2)c(C)n(C)c1C. The van der Waals surface area contributed by atoms with Gasteiger partial charge in [0.25, 0.3) is 0 Å². The van der Waals surface area contributed by atoms with Crippen molar-refractivity contribution in [2.75, 3.05) is 37.5 Å². The Kier molecular flexibility index (Phi) is 7.50. The Balaban J connectivity index is 2.23. The van der Waals surface area contributed by atoms with Crippen LogP contribution in [0, 0.1) is 20.8 Å². The molecule has 0 unspecified atom stereocenters. The van der Waals surface area contributed by atoms with Crippen LogP contribution in [0.2, 0.25) is 0 Å². The Labute approximate surface area is 183 Å². The summed E-state index contributed by atoms with van der Waals surface area (Å²) in [5.41, 5.74) is 3.36. The molecule has 2 rings (SSSR count). The van der Waals surface area contributed by atoms with Crippen LogP contribution >= 0.6 is 0 Å². The van der Waals surface area contributed by atoms with Crippen LogP contribution in [0.1, 0.15) is 34.2 Å². The minimum Gasteiger partial charge on any atom is -0.462 e. The number of carbonyl (C=O) groups is 2. The van der Waals surface area contributed by atoms with Gasteiger partial charge >= 0.3 is 5.97 Å². The molecule has 0 atom stereocenters. The number of benzene rings is 1. The Morgan fingerprint density at radius 2 is 1.77 bits per heavy atom. The van der Waals surface area contributed by atoms with Gasteiger partial charge in [-0.1, -0.05) is 6.07 Å². The zero-order valence-corrected chi connectivity index (χ0v) is 19.8. The number of rotatable bonds is 8. The van der Waals surface area contributed by atoms with Gasteiger partial charge in [0.1, 0.15) is 10.5 Å². The number of hydrogen-bond acceptors (Lipinski definition) is 6. The van der Waals surface area contributed by atoms with Crippen molar-refractivity contribution >= 4 is 33.3 Å². The van der Waals surface area contributed by atoms with Gasteiger partial charge in [-0.25, -0.2) is 17.9 Å². The molecule has 0 saturated heterocycles. The van der Waals surface area contributed by atoms with E-state index in [1.807, 2.05) is 38.1 Å². The molecule has 1 amide bonds. The van der Waals surface area contributed by atoms with Crippen molar-refractivity contribution in [2.45, 2.75) is 32.6 Å². The molecule has 0 saturated carbocycles. The highest BCUT2D eigenvalue weighted by Gasteiger charge is 2.31. The molecule has 2 N–H and O–H groups in total. The van der Waals surface area contributed by atoms with E-state index < -0.39 is 28.4 Å². The van der Waals surface area contributed by atoms with E-state index in [1.165, 1.54) is 0 Å². The lowest BCUT2D eigenvalue weighted by Crippen LogP contribution is -2.34. The Morgan fingerprint density at radius 1 is 1.13 bits per heavy atom. The van der Waals surface area contributed by atoms with Gasteiger partial charge in [0, 0.05) is 43.9 Å². The van der Waals surface area contributed by atoms with Gasteiger partial charge in [-0.15, -0.1) is 0 Å². The second kappa shape index (κ2) is 9.52. The molecule has 31 heavy (non-hydrogen) atoms. The lowest BCUT2D eigenvalue weighted by Gasteiger charge is -2.17. The van der Waals surface area contributed by atoms with Crippen molar-refractivity contribution in [1.82, 2.24) is 9.29 Å². The number of ether oxygens (including phenoxy) is 1. The summed E-state index contributed by atoms with van der Waals surface area (Å²) in [4.78, 5) is 26.5. The monoisotopic (exact) mass is 450 g/mol. The molecule has 170 valence electrons. The van der Waals surface area contributed by atoms with E-state index in [1.54, 1.807) is 38.5 Å².